The fourth-order valence-electron chi connectivity index (χ4n) is 2.04. The Labute approximate surface area is 103 Å². The molecule has 1 aromatic carbocycles. The van der Waals surface area contributed by atoms with Crippen LogP contribution in [0.5, 0.6) is 0 Å². The van der Waals surface area contributed by atoms with Crippen LogP contribution < -0.4 is 4.90 Å². The number of nitrogens with zero attached hydrogens (tertiary/aromatic N) is 1. The predicted molar refractivity (Wildman–Crippen MR) is 66.7 cm³/mol. The van der Waals surface area contributed by atoms with E-state index in [1.54, 1.807) is 0 Å². The molecular weight excluding hydrogens is 270 g/mol. The molecule has 0 aliphatic heterocycles. The largest absolute Gasteiger partial charge is 0.481 e. The second-order valence-electron chi connectivity index (χ2n) is 4.22. The third-order valence-corrected chi connectivity index (χ3v) is 3.91. The Morgan fingerprint density at radius 1 is 1.44 bits per heavy atom. The van der Waals surface area contributed by atoms with Crippen molar-refractivity contribution in [3.05, 3.63) is 28.7 Å². The SMILES string of the molecule is CN(c1ccccc1Br)C1CC(C(=O)O)C1. The van der Waals surface area contributed by atoms with Crippen LogP contribution in [-0.2, 0) is 4.79 Å². The molecule has 0 unspecified atom stereocenters. The molecule has 86 valence electrons. The average Bonchev–Trinajstić information content (AvgIpc) is 2.15. The number of anilines is 1. The molecule has 1 aromatic rings. The molecule has 2 rings (SSSR count). The number of carboxylic acid groups (broad SMARTS) is 1. The fourth-order valence-corrected chi connectivity index (χ4v) is 2.60. The number of hydrogen-bond donors (Lipinski definition) is 1. The van der Waals surface area contributed by atoms with E-state index in [0.29, 0.717) is 6.04 Å². The van der Waals surface area contributed by atoms with Crippen LogP contribution in [0.1, 0.15) is 12.8 Å². The zero-order valence-corrected chi connectivity index (χ0v) is 10.6. The molecule has 0 atom stereocenters. The van der Waals surface area contributed by atoms with Crippen molar-refractivity contribution >= 4 is 27.6 Å². The first-order chi connectivity index (χ1) is 7.59. The maximum Gasteiger partial charge on any atom is 0.306 e. The Morgan fingerprint density at radius 3 is 2.62 bits per heavy atom. The van der Waals surface area contributed by atoms with Gasteiger partial charge in [-0.25, -0.2) is 0 Å². The molecule has 1 fully saturated rings. The van der Waals surface area contributed by atoms with Crippen molar-refractivity contribution in [1.82, 2.24) is 0 Å². The molecule has 4 heteroatoms. The van der Waals surface area contributed by atoms with E-state index in [1.165, 1.54) is 0 Å². The van der Waals surface area contributed by atoms with Crippen LogP contribution in [0.2, 0.25) is 0 Å². The van der Waals surface area contributed by atoms with E-state index >= 15 is 0 Å². The Kier molecular flexibility index (Phi) is 3.19. The topological polar surface area (TPSA) is 40.5 Å². The second-order valence-corrected chi connectivity index (χ2v) is 5.08. The molecule has 0 bridgehead atoms. The van der Waals surface area contributed by atoms with Gasteiger partial charge in [0.1, 0.15) is 0 Å². The lowest BCUT2D eigenvalue weighted by molar-refractivity contribution is -0.145. The molecule has 0 spiro atoms. The summed E-state index contributed by atoms with van der Waals surface area (Å²) in [6, 6.07) is 8.35. The molecule has 3 nitrogen and oxygen atoms in total. The number of carboxylic acids is 1. The summed E-state index contributed by atoms with van der Waals surface area (Å²) in [4.78, 5) is 12.9. The van der Waals surface area contributed by atoms with E-state index in [0.717, 1.165) is 23.0 Å². The van der Waals surface area contributed by atoms with E-state index in [1.807, 2.05) is 31.3 Å². The molecule has 1 N–H and O–H groups in total. The molecule has 0 amide bonds. The molecule has 1 aliphatic carbocycles. The lowest BCUT2D eigenvalue weighted by Crippen LogP contribution is -2.45. The lowest BCUT2D eigenvalue weighted by atomic mass is 9.79. The molecule has 1 saturated carbocycles. The van der Waals surface area contributed by atoms with Crippen molar-refractivity contribution in [3.8, 4) is 0 Å². The van der Waals surface area contributed by atoms with Crippen molar-refractivity contribution in [3.63, 3.8) is 0 Å². The zero-order valence-electron chi connectivity index (χ0n) is 9.06. The van der Waals surface area contributed by atoms with Gasteiger partial charge >= 0.3 is 5.97 Å². The minimum absolute atomic E-state index is 0.157. The van der Waals surface area contributed by atoms with Gasteiger partial charge in [-0.2, -0.15) is 0 Å². The average molecular weight is 284 g/mol. The van der Waals surface area contributed by atoms with Gasteiger partial charge in [0, 0.05) is 17.6 Å². The van der Waals surface area contributed by atoms with Crippen LogP contribution in [0, 0.1) is 5.92 Å². The van der Waals surface area contributed by atoms with Crippen molar-refractivity contribution in [1.29, 1.82) is 0 Å². The maximum absolute atomic E-state index is 10.7. The molecule has 16 heavy (non-hydrogen) atoms. The van der Waals surface area contributed by atoms with Gasteiger partial charge in [-0.05, 0) is 40.9 Å². The van der Waals surface area contributed by atoms with Gasteiger partial charge in [0.15, 0.2) is 0 Å². The van der Waals surface area contributed by atoms with E-state index in [2.05, 4.69) is 20.8 Å². The quantitative estimate of drug-likeness (QED) is 0.927. The summed E-state index contributed by atoms with van der Waals surface area (Å²) in [6.45, 7) is 0. The summed E-state index contributed by atoms with van der Waals surface area (Å²) < 4.78 is 1.05. The number of benzene rings is 1. The Bertz CT molecular complexity index is 402. The van der Waals surface area contributed by atoms with Gasteiger partial charge in [0.2, 0.25) is 0 Å². The van der Waals surface area contributed by atoms with Crippen LogP contribution in [-0.4, -0.2) is 24.2 Å². The third-order valence-electron chi connectivity index (χ3n) is 3.24. The van der Waals surface area contributed by atoms with Crippen molar-refractivity contribution < 1.29 is 9.90 Å². The number of halogens is 1. The van der Waals surface area contributed by atoms with Crippen LogP contribution >= 0.6 is 15.9 Å². The molecule has 0 saturated heterocycles. The molecule has 0 aromatic heterocycles. The van der Waals surface area contributed by atoms with Gasteiger partial charge in [-0.1, -0.05) is 12.1 Å². The lowest BCUT2D eigenvalue weighted by Gasteiger charge is -2.40. The van der Waals surface area contributed by atoms with Gasteiger partial charge in [0.05, 0.1) is 11.6 Å². The van der Waals surface area contributed by atoms with E-state index in [-0.39, 0.29) is 5.92 Å². The molecule has 1 aliphatic rings. The molecular formula is C12H14BrNO2. The van der Waals surface area contributed by atoms with E-state index in [9.17, 15) is 4.79 Å². The normalized spacial score (nSPS) is 23.6. The Balaban J connectivity index is 2.03. The standard InChI is InChI=1S/C12H14BrNO2/c1-14(9-6-8(7-9)12(15)16)11-5-3-2-4-10(11)13/h2-5,8-9H,6-7H2,1H3,(H,15,16). The molecule has 0 radical (unpaired) electrons. The smallest absolute Gasteiger partial charge is 0.306 e. The maximum atomic E-state index is 10.7. The van der Waals surface area contributed by atoms with Gasteiger partial charge in [0.25, 0.3) is 0 Å². The van der Waals surface area contributed by atoms with E-state index < -0.39 is 5.97 Å². The minimum atomic E-state index is -0.670. The zero-order chi connectivity index (χ0) is 11.7. The highest BCUT2D eigenvalue weighted by Gasteiger charge is 2.37. The first-order valence-corrected chi connectivity index (χ1v) is 6.09. The Morgan fingerprint density at radius 2 is 2.06 bits per heavy atom. The molecule has 0 heterocycles. The fraction of sp³-hybridized carbons (Fsp3) is 0.417. The first-order valence-electron chi connectivity index (χ1n) is 5.29. The van der Waals surface area contributed by atoms with Crippen molar-refractivity contribution in [2.24, 2.45) is 5.92 Å². The number of rotatable bonds is 3. The van der Waals surface area contributed by atoms with Gasteiger partial charge < -0.3 is 10.0 Å². The summed E-state index contributed by atoms with van der Waals surface area (Å²) >= 11 is 3.50. The van der Waals surface area contributed by atoms with Crippen molar-refractivity contribution in [2.75, 3.05) is 11.9 Å². The van der Waals surface area contributed by atoms with Gasteiger partial charge in [-0.15, -0.1) is 0 Å². The number of aliphatic carboxylic acids is 1. The monoisotopic (exact) mass is 283 g/mol. The minimum Gasteiger partial charge on any atom is -0.481 e. The third kappa shape index (κ3) is 2.07. The Hall–Kier alpha value is -1.03. The summed E-state index contributed by atoms with van der Waals surface area (Å²) in [5.74, 6) is -0.827. The predicted octanol–water partition coefficient (Wildman–Crippen LogP) is 2.75. The second kappa shape index (κ2) is 4.45. The van der Waals surface area contributed by atoms with Crippen LogP contribution in [0.4, 0.5) is 5.69 Å². The van der Waals surface area contributed by atoms with Crippen LogP contribution in [0.15, 0.2) is 28.7 Å². The summed E-state index contributed by atoms with van der Waals surface area (Å²) in [5, 5.41) is 8.83. The summed E-state index contributed by atoms with van der Waals surface area (Å²) in [5.41, 5.74) is 1.12. The van der Waals surface area contributed by atoms with Gasteiger partial charge in [-0.3, -0.25) is 4.79 Å². The summed E-state index contributed by atoms with van der Waals surface area (Å²) in [6.07, 6.45) is 1.49. The summed E-state index contributed by atoms with van der Waals surface area (Å²) in [7, 11) is 2.02. The van der Waals surface area contributed by atoms with E-state index in [4.69, 9.17) is 5.11 Å². The number of para-hydroxylation sites is 1. The van der Waals surface area contributed by atoms with Crippen LogP contribution in [0.25, 0.3) is 0 Å². The first kappa shape index (κ1) is 11.5. The number of carbonyl (C=O) groups is 1. The highest BCUT2D eigenvalue weighted by Crippen LogP contribution is 2.36. The van der Waals surface area contributed by atoms with Crippen LogP contribution in [0.3, 0.4) is 0 Å². The highest BCUT2D eigenvalue weighted by atomic mass is 79.9. The number of hydrogen-bond acceptors (Lipinski definition) is 2. The highest BCUT2D eigenvalue weighted by molar-refractivity contribution is 9.10. The van der Waals surface area contributed by atoms with Crippen molar-refractivity contribution in [2.45, 2.75) is 18.9 Å².